The number of nitrogens with one attached hydrogen (secondary N) is 1. The minimum Gasteiger partial charge on any atom is -0.393 e. The maximum atomic E-state index is 10.7. The fourth-order valence-corrected chi connectivity index (χ4v) is 2.60. The van der Waals surface area contributed by atoms with Crippen LogP contribution in [0.25, 0.3) is 0 Å². The molecule has 1 aromatic rings. The quantitative estimate of drug-likeness (QED) is 0.489. The van der Waals surface area contributed by atoms with Crippen molar-refractivity contribution < 1.29 is 4.92 Å². The van der Waals surface area contributed by atoms with Crippen molar-refractivity contribution >= 4 is 17.1 Å². The Bertz CT molecular complexity index is 454. The van der Waals surface area contributed by atoms with Gasteiger partial charge < -0.3 is 11.1 Å². The predicted octanol–water partition coefficient (Wildman–Crippen LogP) is 3.31. The molecular weight excluding hydrogens is 230 g/mol. The van der Waals surface area contributed by atoms with Gasteiger partial charge in [-0.25, -0.2) is 0 Å². The minimum atomic E-state index is -0.457. The summed E-state index contributed by atoms with van der Waals surface area (Å²) in [6.45, 7) is 2.20. The van der Waals surface area contributed by atoms with Crippen molar-refractivity contribution in [2.75, 3.05) is 11.1 Å². The lowest BCUT2D eigenvalue weighted by Gasteiger charge is -2.35. The van der Waals surface area contributed by atoms with Gasteiger partial charge in [0.05, 0.1) is 4.92 Å². The second-order valence-electron chi connectivity index (χ2n) is 5.28. The number of nitrogens with zero attached hydrogens (tertiary/aromatic N) is 1. The predicted molar refractivity (Wildman–Crippen MR) is 72.6 cm³/mol. The van der Waals surface area contributed by atoms with Crippen molar-refractivity contribution in [3.05, 3.63) is 28.3 Å². The Morgan fingerprint density at radius 1 is 1.33 bits per heavy atom. The molecule has 1 saturated carbocycles. The Hall–Kier alpha value is -1.78. The summed E-state index contributed by atoms with van der Waals surface area (Å²) < 4.78 is 0. The lowest BCUT2D eigenvalue weighted by Crippen LogP contribution is -2.36. The molecule has 0 bridgehead atoms. The van der Waals surface area contributed by atoms with Crippen LogP contribution in [0.5, 0.6) is 0 Å². The number of nitro groups is 1. The molecule has 0 amide bonds. The molecule has 0 unspecified atom stereocenters. The van der Waals surface area contributed by atoms with E-state index in [-0.39, 0.29) is 16.9 Å². The molecule has 5 nitrogen and oxygen atoms in total. The Morgan fingerprint density at radius 3 is 2.56 bits per heavy atom. The second kappa shape index (κ2) is 4.84. The van der Waals surface area contributed by atoms with Gasteiger partial charge in [-0.1, -0.05) is 19.3 Å². The number of hydrogen-bond acceptors (Lipinski definition) is 4. The van der Waals surface area contributed by atoms with Gasteiger partial charge in [-0.3, -0.25) is 10.1 Å². The Morgan fingerprint density at radius 2 is 2.00 bits per heavy atom. The van der Waals surface area contributed by atoms with Crippen molar-refractivity contribution in [2.45, 2.75) is 44.6 Å². The normalized spacial score (nSPS) is 18.3. The fraction of sp³-hybridized carbons (Fsp3) is 0.538. The van der Waals surface area contributed by atoms with E-state index < -0.39 is 4.92 Å². The molecule has 1 aliphatic rings. The molecule has 0 heterocycles. The molecule has 0 spiro atoms. The van der Waals surface area contributed by atoms with Crippen molar-refractivity contribution in [3.8, 4) is 0 Å². The molecule has 2 rings (SSSR count). The van der Waals surface area contributed by atoms with E-state index in [0.717, 1.165) is 18.5 Å². The van der Waals surface area contributed by atoms with E-state index in [1.165, 1.54) is 25.3 Å². The van der Waals surface area contributed by atoms with Gasteiger partial charge in [0.2, 0.25) is 0 Å². The molecule has 1 aliphatic carbocycles. The smallest absolute Gasteiger partial charge is 0.292 e. The minimum absolute atomic E-state index is 0.0330. The number of anilines is 2. The first kappa shape index (κ1) is 12.7. The highest BCUT2D eigenvalue weighted by atomic mass is 16.6. The molecule has 1 aromatic carbocycles. The van der Waals surface area contributed by atoms with Gasteiger partial charge in [0.25, 0.3) is 5.69 Å². The van der Waals surface area contributed by atoms with Gasteiger partial charge in [-0.05, 0) is 31.9 Å². The van der Waals surface area contributed by atoms with E-state index in [2.05, 4.69) is 12.2 Å². The van der Waals surface area contributed by atoms with Crippen LogP contribution >= 0.6 is 0 Å². The third-order valence-corrected chi connectivity index (χ3v) is 3.63. The van der Waals surface area contributed by atoms with Gasteiger partial charge in [0.1, 0.15) is 5.69 Å². The zero-order valence-corrected chi connectivity index (χ0v) is 10.6. The number of nitrogens with two attached hydrogens (primary N) is 1. The first-order valence-corrected chi connectivity index (χ1v) is 6.32. The highest BCUT2D eigenvalue weighted by Gasteiger charge is 2.26. The van der Waals surface area contributed by atoms with Crippen molar-refractivity contribution in [1.82, 2.24) is 0 Å². The zero-order chi connectivity index (χ0) is 13.2. The summed E-state index contributed by atoms with van der Waals surface area (Å²) in [5, 5.41) is 14.2. The summed E-state index contributed by atoms with van der Waals surface area (Å²) in [5.41, 5.74) is 6.82. The van der Waals surface area contributed by atoms with Crippen LogP contribution in [0.4, 0.5) is 17.1 Å². The Kier molecular flexibility index (Phi) is 3.41. The van der Waals surface area contributed by atoms with Crippen LogP contribution in [-0.4, -0.2) is 10.5 Å². The summed E-state index contributed by atoms with van der Waals surface area (Å²) in [6.07, 6.45) is 6.01. The maximum Gasteiger partial charge on any atom is 0.292 e. The summed E-state index contributed by atoms with van der Waals surface area (Å²) in [6, 6.07) is 4.84. The summed E-state index contributed by atoms with van der Waals surface area (Å²) >= 11 is 0. The molecule has 18 heavy (non-hydrogen) atoms. The van der Waals surface area contributed by atoms with Crippen LogP contribution in [-0.2, 0) is 0 Å². The Balaban J connectivity index is 2.14. The van der Waals surface area contributed by atoms with Gasteiger partial charge in [-0.15, -0.1) is 0 Å². The van der Waals surface area contributed by atoms with Gasteiger partial charge in [-0.2, -0.15) is 0 Å². The average molecular weight is 249 g/mol. The lowest BCUT2D eigenvalue weighted by atomic mass is 9.83. The van der Waals surface area contributed by atoms with Gasteiger partial charge in [0, 0.05) is 17.3 Å². The van der Waals surface area contributed by atoms with E-state index in [1.807, 2.05) is 0 Å². The topological polar surface area (TPSA) is 81.2 Å². The monoisotopic (exact) mass is 249 g/mol. The van der Waals surface area contributed by atoms with Crippen molar-refractivity contribution in [2.24, 2.45) is 0 Å². The molecule has 5 heteroatoms. The van der Waals surface area contributed by atoms with E-state index >= 15 is 0 Å². The number of benzene rings is 1. The highest BCUT2D eigenvalue weighted by molar-refractivity contribution is 5.66. The molecule has 0 aromatic heterocycles. The highest BCUT2D eigenvalue weighted by Crippen LogP contribution is 2.33. The maximum absolute atomic E-state index is 10.7. The molecule has 0 atom stereocenters. The Labute approximate surface area is 107 Å². The van der Waals surface area contributed by atoms with Crippen molar-refractivity contribution in [1.29, 1.82) is 0 Å². The van der Waals surface area contributed by atoms with Crippen LogP contribution < -0.4 is 11.1 Å². The molecule has 0 saturated heterocycles. The molecule has 98 valence electrons. The van der Waals surface area contributed by atoms with Crippen molar-refractivity contribution in [3.63, 3.8) is 0 Å². The first-order chi connectivity index (χ1) is 8.50. The van der Waals surface area contributed by atoms with Crippen LogP contribution in [0.3, 0.4) is 0 Å². The molecule has 0 radical (unpaired) electrons. The number of nitro benzene ring substituents is 1. The van der Waals surface area contributed by atoms with E-state index in [0.29, 0.717) is 0 Å². The molecular formula is C13H19N3O2. The number of hydrogen-bond donors (Lipinski definition) is 2. The third-order valence-electron chi connectivity index (χ3n) is 3.63. The average Bonchev–Trinajstić information content (AvgIpc) is 2.28. The third kappa shape index (κ3) is 2.72. The van der Waals surface area contributed by atoms with E-state index in [9.17, 15) is 10.1 Å². The molecule has 3 N–H and O–H groups in total. The van der Waals surface area contributed by atoms with Crippen LogP contribution in [0.1, 0.15) is 39.0 Å². The van der Waals surface area contributed by atoms with Gasteiger partial charge in [0.15, 0.2) is 0 Å². The van der Waals surface area contributed by atoms with Crippen LogP contribution in [0.2, 0.25) is 0 Å². The second-order valence-corrected chi connectivity index (χ2v) is 5.28. The largest absolute Gasteiger partial charge is 0.393 e. The van der Waals surface area contributed by atoms with Gasteiger partial charge >= 0.3 is 0 Å². The van der Waals surface area contributed by atoms with E-state index in [1.54, 1.807) is 12.1 Å². The first-order valence-electron chi connectivity index (χ1n) is 6.32. The number of rotatable bonds is 3. The standard InChI is InChI=1S/C13H19N3O2/c1-13(7-3-2-4-8-13)15-10-5-6-12(16(17)18)11(14)9-10/h5-6,9,15H,2-4,7-8,14H2,1H3. The van der Waals surface area contributed by atoms with E-state index in [4.69, 9.17) is 5.73 Å². The zero-order valence-electron chi connectivity index (χ0n) is 10.6. The summed E-state index contributed by atoms with van der Waals surface area (Å²) in [4.78, 5) is 10.2. The lowest BCUT2D eigenvalue weighted by molar-refractivity contribution is -0.383. The fourth-order valence-electron chi connectivity index (χ4n) is 2.60. The molecule has 1 fully saturated rings. The summed E-state index contributed by atoms with van der Waals surface area (Å²) in [7, 11) is 0. The SMILES string of the molecule is CC1(Nc2ccc([N+](=O)[O-])c(N)c2)CCCCC1. The number of nitrogen functional groups attached to an aromatic ring is 1. The van der Waals surface area contributed by atoms with Crippen LogP contribution in [0.15, 0.2) is 18.2 Å². The van der Waals surface area contributed by atoms with Crippen LogP contribution in [0, 0.1) is 10.1 Å². The summed E-state index contributed by atoms with van der Waals surface area (Å²) in [5.74, 6) is 0. The molecule has 0 aliphatic heterocycles.